The number of fused-ring (bicyclic) bond motifs is 1. The third kappa shape index (κ3) is 4.69. The van der Waals surface area contributed by atoms with Gasteiger partial charge in [-0.3, -0.25) is 14.1 Å². The molecule has 0 aliphatic carbocycles. The summed E-state index contributed by atoms with van der Waals surface area (Å²) in [6.45, 7) is 1.13. The fraction of sp³-hybridized carbons (Fsp3) is 0.316. The number of aromatic nitrogens is 3. The molecular formula is C19H18F3N5O3S. The molecule has 4 heterocycles. The Morgan fingerprint density at radius 2 is 1.87 bits per heavy atom. The first-order chi connectivity index (χ1) is 14.6. The molecule has 1 fully saturated rings. The van der Waals surface area contributed by atoms with Crippen molar-refractivity contribution in [3.63, 3.8) is 0 Å². The summed E-state index contributed by atoms with van der Waals surface area (Å²) in [5, 5.41) is 2.46. The number of rotatable bonds is 4. The number of imidazole rings is 1. The van der Waals surface area contributed by atoms with E-state index in [0.29, 0.717) is 37.0 Å². The predicted molar refractivity (Wildman–Crippen MR) is 106 cm³/mol. The fourth-order valence-electron chi connectivity index (χ4n) is 3.31. The second-order valence-corrected chi connectivity index (χ2v) is 9.45. The van der Waals surface area contributed by atoms with E-state index in [-0.39, 0.29) is 23.1 Å². The van der Waals surface area contributed by atoms with Gasteiger partial charge < -0.3 is 5.32 Å². The van der Waals surface area contributed by atoms with Crippen LogP contribution in [-0.2, 0) is 22.6 Å². The van der Waals surface area contributed by atoms with E-state index < -0.39 is 27.5 Å². The van der Waals surface area contributed by atoms with E-state index in [4.69, 9.17) is 0 Å². The number of pyridine rings is 2. The first-order valence-electron chi connectivity index (χ1n) is 9.36. The molecule has 0 bridgehead atoms. The number of amides is 1. The molecule has 12 heteroatoms. The van der Waals surface area contributed by atoms with Crippen LogP contribution in [0.5, 0.6) is 0 Å². The molecular weight excluding hydrogens is 435 g/mol. The van der Waals surface area contributed by atoms with E-state index in [2.05, 4.69) is 15.3 Å². The van der Waals surface area contributed by atoms with Crippen molar-refractivity contribution in [2.45, 2.75) is 12.7 Å². The maximum absolute atomic E-state index is 12.8. The number of carbonyl (C=O) groups excluding carboxylic acids is 1. The second kappa shape index (κ2) is 7.93. The summed E-state index contributed by atoms with van der Waals surface area (Å²) in [6.07, 6.45) is -2.21. The zero-order valence-electron chi connectivity index (χ0n) is 16.1. The van der Waals surface area contributed by atoms with Crippen molar-refractivity contribution in [2.24, 2.45) is 0 Å². The van der Waals surface area contributed by atoms with Gasteiger partial charge in [0.2, 0.25) is 5.82 Å². The Morgan fingerprint density at radius 1 is 1.13 bits per heavy atom. The summed E-state index contributed by atoms with van der Waals surface area (Å²) in [5.74, 6) is -0.455. The molecule has 0 unspecified atom stereocenters. The molecule has 0 saturated carbocycles. The van der Waals surface area contributed by atoms with Gasteiger partial charge in [-0.2, -0.15) is 13.2 Å². The van der Waals surface area contributed by atoms with Crippen LogP contribution in [0, 0.1) is 0 Å². The highest BCUT2D eigenvalue weighted by Crippen LogP contribution is 2.29. The topological polar surface area (TPSA) is 96.7 Å². The number of hydrogen-bond donors (Lipinski definition) is 1. The molecule has 31 heavy (non-hydrogen) atoms. The Bertz CT molecular complexity index is 1210. The van der Waals surface area contributed by atoms with Crippen LogP contribution >= 0.6 is 0 Å². The molecule has 1 saturated heterocycles. The Balaban J connectivity index is 1.56. The first-order valence-corrected chi connectivity index (χ1v) is 11.2. The van der Waals surface area contributed by atoms with Crippen LogP contribution in [0.3, 0.4) is 0 Å². The molecule has 1 aliphatic heterocycles. The molecule has 1 N–H and O–H groups in total. The number of carbonyl (C=O) groups is 1. The zero-order valence-corrected chi connectivity index (χ0v) is 16.9. The molecule has 3 aromatic rings. The Labute approximate surface area is 175 Å². The van der Waals surface area contributed by atoms with Gasteiger partial charge in [0.1, 0.15) is 5.82 Å². The molecule has 8 nitrogen and oxygen atoms in total. The van der Waals surface area contributed by atoms with Gasteiger partial charge in [-0.05, 0) is 24.3 Å². The smallest absolute Gasteiger partial charge is 0.304 e. The average Bonchev–Trinajstić information content (AvgIpc) is 3.08. The van der Waals surface area contributed by atoms with Gasteiger partial charge in [-0.25, -0.2) is 18.4 Å². The van der Waals surface area contributed by atoms with Crippen molar-refractivity contribution in [2.75, 3.05) is 29.9 Å². The number of sulfone groups is 1. The number of halogens is 3. The van der Waals surface area contributed by atoms with Gasteiger partial charge in [0.15, 0.2) is 9.84 Å². The van der Waals surface area contributed by atoms with E-state index in [1.165, 1.54) is 0 Å². The minimum atomic E-state index is -4.52. The molecule has 0 radical (unpaired) electrons. The summed E-state index contributed by atoms with van der Waals surface area (Å²) in [6, 6.07) is 7.21. The minimum Gasteiger partial charge on any atom is -0.304 e. The number of hydrogen-bond acceptors (Lipinski definition) is 6. The van der Waals surface area contributed by atoms with Gasteiger partial charge in [0.25, 0.3) is 5.91 Å². The third-order valence-electron chi connectivity index (χ3n) is 4.97. The quantitative estimate of drug-likeness (QED) is 0.651. The maximum atomic E-state index is 12.8. The lowest BCUT2D eigenvalue weighted by Crippen LogP contribution is -2.39. The summed E-state index contributed by atoms with van der Waals surface area (Å²) in [4.78, 5) is 22.8. The largest absolute Gasteiger partial charge is 0.417 e. The van der Waals surface area contributed by atoms with Crippen LogP contribution in [0.2, 0.25) is 0 Å². The second-order valence-electron chi connectivity index (χ2n) is 7.15. The summed E-state index contributed by atoms with van der Waals surface area (Å²) < 4.78 is 62.9. The zero-order chi connectivity index (χ0) is 22.2. The number of alkyl halides is 3. The highest BCUT2D eigenvalue weighted by molar-refractivity contribution is 7.91. The van der Waals surface area contributed by atoms with Crippen LogP contribution in [0.15, 0.2) is 42.7 Å². The van der Waals surface area contributed by atoms with Crippen molar-refractivity contribution in [1.29, 1.82) is 0 Å². The SMILES string of the molecule is O=C(Nc1ccc(C(F)(F)F)cn1)c1nc(CN2CCS(=O)(=O)CC2)c2ccccn12. The lowest BCUT2D eigenvalue weighted by atomic mass is 10.3. The monoisotopic (exact) mass is 453 g/mol. The minimum absolute atomic E-state index is 0.0338. The molecule has 4 rings (SSSR count). The number of anilines is 1. The fourth-order valence-corrected chi connectivity index (χ4v) is 4.58. The standard InChI is InChI=1S/C19H18F3N5O3S/c20-19(21,22)13-4-5-16(23-11-13)25-18(28)17-24-14(15-3-1-2-6-27(15)17)12-26-7-9-31(29,30)10-8-26/h1-6,11H,7-10,12H2,(H,23,25,28). The Hall–Kier alpha value is -2.99. The normalized spacial score (nSPS) is 17.0. The van der Waals surface area contributed by atoms with E-state index in [9.17, 15) is 26.4 Å². The van der Waals surface area contributed by atoms with E-state index >= 15 is 0 Å². The van der Waals surface area contributed by atoms with Crippen LogP contribution < -0.4 is 5.32 Å². The van der Waals surface area contributed by atoms with E-state index in [1.807, 2.05) is 4.90 Å². The van der Waals surface area contributed by atoms with Crippen molar-refractivity contribution in [3.05, 3.63) is 59.8 Å². The van der Waals surface area contributed by atoms with Crippen LogP contribution in [0.4, 0.5) is 19.0 Å². The van der Waals surface area contributed by atoms with Crippen molar-refractivity contribution < 1.29 is 26.4 Å². The molecule has 0 atom stereocenters. The third-order valence-corrected chi connectivity index (χ3v) is 6.58. The Kier molecular flexibility index (Phi) is 5.43. The van der Waals surface area contributed by atoms with E-state index in [1.54, 1.807) is 28.8 Å². The molecule has 0 spiro atoms. The molecule has 3 aromatic heterocycles. The van der Waals surface area contributed by atoms with Gasteiger partial charge in [-0.1, -0.05) is 6.07 Å². The van der Waals surface area contributed by atoms with Crippen molar-refractivity contribution in [1.82, 2.24) is 19.3 Å². The highest BCUT2D eigenvalue weighted by Gasteiger charge is 2.31. The molecule has 164 valence electrons. The van der Waals surface area contributed by atoms with Crippen LogP contribution in [-0.4, -0.2) is 58.2 Å². The van der Waals surface area contributed by atoms with Crippen molar-refractivity contribution >= 4 is 27.1 Å². The van der Waals surface area contributed by atoms with Crippen LogP contribution in [0.25, 0.3) is 5.52 Å². The lowest BCUT2D eigenvalue weighted by Gasteiger charge is -2.25. The summed E-state index contributed by atoms with van der Waals surface area (Å²) in [5.41, 5.74) is 0.370. The summed E-state index contributed by atoms with van der Waals surface area (Å²) >= 11 is 0. The average molecular weight is 453 g/mol. The first kappa shape index (κ1) is 21.2. The van der Waals surface area contributed by atoms with Gasteiger partial charge in [0, 0.05) is 32.0 Å². The summed E-state index contributed by atoms with van der Waals surface area (Å²) in [7, 11) is -3.01. The molecule has 1 amide bonds. The highest BCUT2D eigenvalue weighted by atomic mass is 32.2. The Morgan fingerprint density at radius 3 is 2.52 bits per heavy atom. The van der Waals surface area contributed by atoms with Crippen molar-refractivity contribution in [3.8, 4) is 0 Å². The maximum Gasteiger partial charge on any atom is 0.417 e. The van der Waals surface area contributed by atoms with Crippen LogP contribution in [0.1, 0.15) is 21.9 Å². The van der Waals surface area contributed by atoms with Gasteiger partial charge in [-0.15, -0.1) is 0 Å². The molecule has 1 aliphatic rings. The lowest BCUT2D eigenvalue weighted by molar-refractivity contribution is -0.137. The molecule has 0 aromatic carbocycles. The van der Waals surface area contributed by atoms with E-state index in [0.717, 1.165) is 12.1 Å². The number of nitrogens with zero attached hydrogens (tertiary/aromatic N) is 4. The number of nitrogens with one attached hydrogen (secondary N) is 1. The van der Waals surface area contributed by atoms with Gasteiger partial charge in [0.05, 0.1) is 28.3 Å². The predicted octanol–water partition coefficient (Wildman–Crippen LogP) is 2.23. The van der Waals surface area contributed by atoms with Gasteiger partial charge >= 0.3 is 6.18 Å².